The van der Waals surface area contributed by atoms with Crippen LogP contribution in [-0.4, -0.2) is 39.7 Å². The molecule has 0 aliphatic rings. The highest BCUT2D eigenvalue weighted by Gasteiger charge is 2.13. The number of nitrogens with zero attached hydrogens (tertiary/aromatic N) is 4. The zero-order valence-electron chi connectivity index (χ0n) is 8.48. The van der Waals surface area contributed by atoms with Crippen molar-refractivity contribution in [2.24, 2.45) is 13.0 Å². The monoisotopic (exact) mass is 198 g/mol. The van der Waals surface area contributed by atoms with Gasteiger partial charge in [-0.15, -0.1) is 5.10 Å². The summed E-state index contributed by atoms with van der Waals surface area (Å²) in [5.41, 5.74) is 0. The van der Waals surface area contributed by atoms with E-state index in [1.54, 1.807) is 14.1 Å². The van der Waals surface area contributed by atoms with E-state index in [4.69, 9.17) is 0 Å². The van der Waals surface area contributed by atoms with E-state index in [2.05, 4.69) is 26.0 Å². The van der Waals surface area contributed by atoms with Crippen LogP contribution in [0.25, 0.3) is 0 Å². The van der Waals surface area contributed by atoms with Crippen LogP contribution in [0.1, 0.15) is 6.92 Å². The molecule has 0 aromatic carbocycles. The molecule has 7 nitrogen and oxygen atoms in total. The first-order valence-corrected chi connectivity index (χ1v) is 4.33. The minimum atomic E-state index is -0.121. The number of carbonyl (C=O) groups is 1. The van der Waals surface area contributed by atoms with Crippen LogP contribution in [0.5, 0.6) is 0 Å². The summed E-state index contributed by atoms with van der Waals surface area (Å²) in [6.07, 6.45) is 0. The van der Waals surface area contributed by atoms with Crippen molar-refractivity contribution in [3.8, 4) is 0 Å². The minimum absolute atomic E-state index is 0.118. The fourth-order valence-corrected chi connectivity index (χ4v) is 0.966. The third-order valence-electron chi connectivity index (χ3n) is 1.70. The molecule has 1 heterocycles. The molecule has 1 unspecified atom stereocenters. The predicted octanol–water partition coefficient (Wildman–Crippen LogP) is -0.996. The van der Waals surface area contributed by atoms with Gasteiger partial charge >= 0.3 is 0 Å². The number of carbonyl (C=O) groups excluding carboxylic acids is 1. The zero-order chi connectivity index (χ0) is 10.6. The number of hydrogen-bond donors (Lipinski definition) is 2. The van der Waals surface area contributed by atoms with Crippen LogP contribution in [-0.2, 0) is 11.8 Å². The summed E-state index contributed by atoms with van der Waals surface area (Å²) in [6.45, 7) is 2.44. The summed E-state index contributed by atoms with van der Waals surface area (Å²) < 4.78 is 0. The van der Waals surface area contributed by atoms with E-state index in [-0.39, 0.29) is 17.8 Å². The second-order valence-electron chi connectivity index (χ2n) is 3.05. The number of nitrogens with one attached hydrogen (secondary N) is 2. The molecule has 0 aliphatic carbocycles. The Morgan fingerprint density at radius 1 is 1.64 bits per heavy atom. The van der Waals surface area contributed by atoms with Crippen molar-refractivity contribution in [1.82, 2.24) is 25.5 Å². The number of anilines is 1. The van der Waals surface area contributed by atoms with Crippen LogP contribution < -0.4 is 10.6 Å². The lowest BCUT2D eigenvalue weighted by Crippen LogP contribution is -2.29. The Kier molecular flexibility index (Phi) is 3.52. The summed E-state index contributed by atoms with van der Waals surface area (Å²) in [5, 5.41) is 16.6. The lowest BCUT2D eigenvalue weighted by molar-refractivity contribution is -0.119. The predicted molar refractivity (Wildman–Crippen MR) is 50.5 cm³/mol. The smallest absolute Gasteiger partial charge is 0.270 e. The number of aromatic nitrogens is 4. The number of rotatable bonds is 4. The summed E-state index contributed by atoms with van der Waals surface area (Å²) in [5.74, 6) is -0.00314. The average Bonchev–Trinajstić information content (AvgIpc) is 2.51. The summed E-state index contributed by atoms with van der Waals surface area (Å²) >= 11 is 0. The largest absolute Gasteiger partial charge is 0.319 e. The fourth-order valence-electron chi connectivity index (χ4n) is 0.966. The molecule has 0 fully saturated rings. The molecule has 1 rings (SSSR count). The third kappa shape index (κ3) is 2.77. The van der Waals surface area contributed by atoms with E-state index < -0.39 is 0 Å². The van der Waals surface area contributed by atoms with Crippen LogP contribution in [0.2, 0.25) is 0 Å². The van der Waals surface area contributed by atoms with E-state index in [1.165, 1.54) is 4.80 Å². The van der Waals surface area contributed by atoms with Crippen LogP contribution in [0.3, 0.4) is 0 Å². The normalized spacial score (nSPS) is 12.5. The SMILES string of the molecule is CNCC(C)C(=O)Nc1nnn(C)n1. The van der Waals surface area contributed by atoms with Crippen molar-refractivity contribution in [1.29, 1.82) is 0 Å². The van der Waals surface area contributed by atoms with Gasteiger partial charge in [-0.2, -0.15) is 4.80 Å². The quantitative estimate of drug-likeness (QED) is 0.648. The molecule has 0 bridgehead atoms. The Morgan fingerprint density at radius 2 is 2.36 bits per heavy atom. The zero-order valence-corrected chi connectivity index (χ0v) is 8.48. The summed E-state index contributed by atoms with van der Waals surface area (Å²) in [4.78, 5) is 12.7. The second kappa shape index (κ2) is 4.66. The van der Waals surface area contributed by atoms with Crippen LogP contribution in [0.15, 0.2) is 0 Å². The van der Waals surface area contributed by atoms with Gasteiger partial charge in [-0.1, -0.05) is 12.0 Å². The number of aryl methyl sites for hydroxylation is 1. The van der Waals surface area contributed by atoms with Crippen molar-refractivity contribution in [3.05, 3.63) is 0 Å². The maximum absolute atomic E-state index is 11.4. The summed E-state index contributed by atoms with van der Waals surface area (Å²) in [6, 6.07) is 0. The molecule has 0 saturated carbocycles. The Bertz CT molecular complexity index is 309. The van der Waals surface area contributed by atoms with Crippen molar-refractivity contribution < 1.29 is 4.79 Å². The molecule has 0 spiro atoms. The maximum Gasteiger partial charge on any atom is 0.270 e. The molecule has 14 heavy (non-hydrogen) atoms. The highest BCUT2D eigenvalue weighted by molar-refractivity contribution is 5.90. The van der Waals surface area contributed by atoms with Gasteiger partial charge in [-0.25, -0.2) is 0 Å². The number of hydrogen-bond acceptors (Lipinski definition) is 5. The molecular formula is C7H14N6O. The van der Waals surface area contributed by atoms with Crippen LogP contribution in [0.4, 0.5) is 5.95 Å². The van der Waals surface area contributed by atoms with Crippen molar-refractivity contribution >= 4 is 11.9 Å². The van der Waals surface area contributed by atoms with Crippen molar-refractivity contribution in [2.45, 2.75) is 6.92 Å². The van der Waals surface area contributed by atoms with E-state index in [0.717, 1.165) is 0 Å². The highest BCUT2D eigenvalue weighted by atomic mass is 16.2. The maximum atomic E-state index is 11.4. The average molecular weight is 198 g/mol. The van der Waals surface area contributed by atoms with Crippen molar-refractivity contribution in [3.63, 3.8) is 0 Å². The highest BCUT2D eigenvalue weighted by Crippen LogP contribution is 1.98. The molecule has 0 radical (unpaired) electrons. The van der Waals surface area contributed by atoms with Gasteiger partial charge in [0.25, 0.3) is 5.95 Å². The lowest BCUT2D eigenvalue weighted by atomic mass is 10.2. The molecule has 1 aromatic rings. The van der Waals surface area contributed by atoms with Gasteiger partial charge in [0, 0.05) is 12.5 Å². The first-order chi connectivity index (χ1) is 6.63. The Labute approximate surface area is 81.9 Å². The Balaban J connectivity index is 2.48. The van der Waals surface area contributed by atoms with Gasteiger partial charge in [0.1, 0.15) is 0 Å². The molecule has 78 valence electrons. The fraction of sp³-hybridized carbons (Fsp3) is 0.714. The van der Waals surface area contributed by atoms with E-state index in [1.807, 2.05) is 6.92 Å². The Hall–Kier alpha value is -1.50. The number of tetrazole rings is 1. The molecular weight excluding hydrogens is 184 g/mol. The van der Waals surface area contributed by atoms with E-state index in [0.29, 0.717) is 6.54 Å². The molecule has 1 aromatic heterocycles. The summed E-state index contributed by atoms with van der Waals surface area (Å²) in [7, 11) is 3.43. The molecule has 1 amide bonds. The van der Waals surface area contributed by atoms with Crippen LogP contribution >= 0.6 is 0 Å². The minimum Gasteiger partial charge on any atom is -0.319 e. The van der Waals surface area contributed by atoms with E-state index in [9.17, 15) is 4.79 Å². The molecule has 7 heteroatoms. The molecule has 0 saturated heterocycles. The first kappa shape index (κ1) is 10.6. The van der Waals surface area contributed by atoms with E-state index >= 15 is 0 Å². The molecule has 1 atom stereocenters. The van der Waals surface area contributed by atoms with Gasteiger partial charge < -0.3 is 5.32 Å². The number of amides is 1. The first-order valence-electron chi connectivity index (χ1n) is 4.33. The lowest BCUT2D eigenvalue weighted by Gasteiger charge is -2.08. The Morgan fingerprint density at radius 3 is 2.86 bits per heavy atom. The second-order valence-corrected chi connectivity index (χ2v) is 3.05. The van der Waals surface area contributed by atoms with Gasteiger partial charge in [-0.05, 0) is 12.3 Å². The van der Waals surface area contributed by atoms with Crippen molar-refractivity contribution in [2.75, 3.05) is 18.9 Å². The van der Waals surface area contributed by atoms with Gasteiger partial charge in [0.15, 0.2) is 0 Å². The van der Waals surface area contributed by atoms with Gasteiger partial charge in [0.05, 0.1) is 7.05 Å². The topological polar surface area (TPSA) is 84.7 Å². The third-order valence-corrected chi connectivity index (χ3v) is 1.70. The standard InChI is InChI=1S/C7H14N6O/c1-5(4-8-2)6(14)9-7-10-12-13(3)11-7/h5,8H,4H2,1-3H3,(H,9,11,14). The molecule has 2 N–H and O–H groups in total. The van der Waals surface area contributed by atoms with Crippen LogP contribution in [0, 0.1) is 5.92 Å². The molecule has 0 aliphatic heterocycles. The van der Waals surface area contributed by atoms with Gasteiger partial charge in [-0.3, -0.25) is 10.1 Å². The van der Waals surface area contributed by atoms with Gasteiger partial charge in [0.2, 0.25) is 5.91 Å².